The fraction of sp³-hybridized carbons (Fsp3) is 0.250. The normalized spacial score (nSPS) is 12.5. The highest BCUT2D eigenvalue weighted by atomic mass is 32.2. The van der Waals surface area contributed by atoms with Gasteiger partial charge in [-0.1, -0.05) is 73.2 Å². The molecule has 0 aliphatic heterocycles. The molecule has 1 atom stereocenters. The van der Waals surface area contributed by atoms with Gasteiger partial charge in [-0.2, -0.15) is 9.61 Å². The Labute approximate surface area is 161 Å². The lowest BCUT2D eigenvalue weighted by Gasteiger charge is -2.13. The van der Waals surface area contributed by atoms with Crippen molar-refractivity contribution in [3.05, 3.63) is 77.1 Å². The maximum absolute atomic E-state index is 4.88. The molecule has 0 aliphatic rings. The fourth-order valence-corrected chi connectivity index (χ4v) is 4.82. The summed E-state index contributed by atoms with van der Waals surface area (Å²) in [5, 5.41) is 14.7. The molecule has 2 aromatic heterocycles. The van der Waals surface area contributed by atoms with Crippen LogP contribution in [0.25, 0.3) is 4.96 Å². The molecule has 0 spiro atoms. The van der Waals surface area contributed by atoms with Crippen molar-refractivity contribution in [1.82, 2.24) is 19.8 Å². The van der Waals surface area contributed by atoms with Gasteiger partial charge in [0.05, 0.1) is 5.75 Å². The van der Waals surface area contributed by atoms with Crippen LogP contribution in [0.5, 0.6) is 0 Å². The first kappa shape index (κ1) is 17.2. The Balaban J connectivity index is 1.60. The van der Waals surface area contributed by atoms with Crippen molar-refractivity contribution >= 4 is 28.1 Å². The molecule has 0 unspecified atom stereocenters. The summed E-state index contributed by atoms with van der Waals surface area (Å²) in [6.07, 6.45) is 2.21. The number of thioether (sulfide) groups is 1. The molecule has 0 aliphatic carbocycles. The van der Waals surface area contributed by atoms with E-state index >= 15 is 0 Å². The fourth-order valence-electron chi connectivity index (χ4n) is 2.97. The summed E-state index contributed by atoms with van der Waals surface area (Å²) in [6, 6.07) is 21.0. The van der Waals surface area contributed by atoms with Crippen LogP contribution in [-0.4, -0.2) is 19.8 Å². The van der Waals surface area contributed by atoms with E-state index in [0.29, 0.717) is 5.92 Å². The molecule has 0 saturated heterocycles. The first-order chi connectivity index (χ1) is 12.8. The molecule has 0 saturated carbocycles. The van der Waals surface area contributed by atoms with Gasteiger partial charge in [0, 0.05) is 10.8 Å². The van der Waals surface area contributed by atoms with Crippen LogP contribution in [0.15, 0.2) is 65.6 Å². The Kier molecular flexibility index (Phi) is 5.32. The minimum absolute atomic E-state index is 0.322. The van der Waals surface area contributed by atoms with Crippen LogP contribution < -0.4 is 0 Å². The molecule has 2 aromatic carbocycles. The van der Waals surface area contributed by atoms with Crippen molar-refractivity contribution in [2.45, 2.75) is 36.3 Å². The highest BCUT2D eigenvalue weighted by Crippen LogP contribution is 2.32. The van der Waals surface area contributed by atoms with Crippen molar-refractivity contribution in [2.24, 2.45) is 0 Å². The van der Waals surface area contributed by atoms with E-state index in [0.717, 1.165) is 34.4 Å². The van der Waals surface area contributed by atoms with E-state index in [1.165, 1.54) is 10.5 Å². The zero-order valence-electron chi connectivity index (χ0n) is 14.6. The van der Waals surface area contributed by atoms with Crippen molar-refractivity contribution in [3.63, 3.8) is 0 Å². The van der Waals surface area contributed by atoms with Crippen molar-refractivity contribution in [2.75, 3.05) is 0 Å². The molecular formula is C20H20N4S2. The zero-order valence-corrected chi connectivity index (χ0v) is 16.2. The second kappa shape index (κ2) is 8.01. The molecule has 4 rings (SSSR count). The third kappa shape index (κ3) is 3.66. The summed E-state index contributed by atoms with van der Waals surface area (Å²) in [5.74, 6) is 1.99. The Hall–Kier alpha value is -2.18. The van der Waals surface area contributed by atoms with E-state index in [9.17, 15) is 0 Å². The van der Waals surface area contributed by atoms with E-state index in [2.05, 4.69) is 71.7 Å². The quantitative estimate of drug-likeness (QED) is 0.402. The predicted octanol–water partition coefficient (Wildman–Crippen LogP) is 5.41. The molecule has 0 bridgehead atoms. The van der Waals surface area contributed by atoms with Crippen LogP contribution >= 0.6 is 23.1 Å². The molecule has 26 heavy (non-hydrogen) atoms. The third-order valence-corrected chi connectivity index (χ3v) is 6.28. The maximum atomic E-state index is 4.88. The smallest absolute Gasteiger partial charge is 0.186 e. The lowest BCUT2D eigenvalue weighted by molar-refractivity contribution is 0.677. The highest BCUT2D eigenvalue weighted by Gasteiger charge is 2.20. The average Bonchev–Trinajstić information content (AvgIpc) is 3.27. The van der Waals surface area contributed by atoms with Crippen LogP contribution in [0.1, 0.15) is 42.1 Å². The predicted molar refractivity (Wildman–Crippen MR) is 108 cm³/mol. The summed E-state index contributed by atoms with van der Waals surface area (Å²) in [6.45, 7) is 2.22. The average molecular weight is 381 g/mol. The van der Waals surface area contributed by atoms with E-state index in [-0.39, 0.29) is 0 Å². The Morgan fingerprint density at radius 1 is 1.00 bits per heavy atom. The number of benzene rings is 2. The zero-order chi connectivity index (χ0) is 17.8. The summed E-state index contributed by atoms with van der Waals surface area (Å²) >= 11 is 3.41. The van der Waals surface area contributed by atoms with Crippen LogP contribution in [0.2, 0.25) is 0 Å². The van der Waals surface area contributed by atoms with Gasteiger partial charge in [0.1, 0.15) is 5.01 Å². The first-order valence-electron chi connectivity index (χ1n) is 8.79. The topological polar surface area (TPSA) is 43.1 Å². The Bertz CT molecular complexity index is 963. The molecule has 0 N–H and O–H groups in total. The molecular weight excluding hydrogens is 360 g/mol. The molecule has 0 amide bonds. The maximum Gasteiger partial charge on any atom is 0.234 e. The molecule has 4 aromatic rings. The number of hydrogen-bond acceptors (Lipinski definition) is 5. The minimum Gasteiger partial charge on any atom is -0.186 e. The van der Waals surface area contributed by atoms with Gasteiger partial charge < -0.3 is 0 Å². The molecule has 2 heterocycles. The van der Waals surface area contributed by atoms with Gasteiger partial charge in [-0.15, -0.1) is 22.0 Å². The number of hydrogen-bond donors (Lipinski definition) is 0. The van der Waals surface area contributed by atoms with Gasteiger partial charge in [-0.05, 0) is 24.1 Å². The highest BCUT2D eigenvalue weighted by molar-refractivity contribution is 7.98. The van der Waals surface area contributed by atoms with E-state index in [1.807, 2.05) is 10.6 Å². The largest absolute Gasteiger partial charge is 0.234 e. The SMILES string of the molecule is CCC[C@@H](c1ccccc1)c1nn2c(CSc3ccccc3)nnc2s1. The van der Waals surface area contributed by atoms with Gasteiger partial charge in [0.2, 0.25) is 4.96 Å². The Morgan fingerprint density at radius 2 is 1.73 bits per heavy atom. The minimum atomic E-state index is 0.322. The van der Waals surface area contributed by atoms with Crippen molar-refractivity contribution < 1.29 is 0 Å². The monoisotopic (exact) mass is 380 g/mol. The van der Waals surface area contributed by atoms with E-state index in [1.54, 1.807) is 23.1 Å². The summed E-state index contributed by atoms with van der Waals surface area (Å²) < 4.78 is 1.92. The van der Waals surface area contributed by atoms with Crippen LogP contribution in [-0.2, 0) is 5.75 Å². The summed E-state index contributed by atoms with van der Waals surface area (Å²) in [4.78, 5) is 2.11. The van der Waals surface area contributed by atoms with Gasteiger partial charge >= 0.3 is 0 Å². The molecule has 0 radical (unpaired) electrons. The molecule has 4 nitrogen and oxygen atoms in total. The van der Waals surface area contributed by atoms with Crippen molar-refractivity contribution in [3.8, 4) is 0 Å². The van der Waals surface area contributed by atoms with Gasteiger partial charge in [-0.3, -0.25) is 0 Å². The number of rotatable bonds is 7. The molecule has 6 heteroatoms. The van der Waals surface area contributed by atoms with Crippen LogP contribution in [0.4, 0.5) is 0 Å². The second-order valence-electron chi connectivity index (χ2n) is 6.10. The van der Waals surface area contributed by atoms with Gasteiger partial charge in [-0.25, -0.2) is 0 Å². The van der Waals surface area contributed by atoms with Crippen molar-refractivity contribution in [1.29, 1.82) is 0 Å². The van der Waals surface area contributed by atoms with E-state index < -0.39 is 0 Å². The lowest BCUT2D eigenvalue weighted by atomic mass is 9.95. The van der Waals surface area contributed by atoms with Gasteiger partial charge in [0.15, 0.2) is 5.82 Å². The van der Waals surface area contributed by atoms with E-state index in [4.69, 9.17) is 5.10 Å². The summed E-state index contributed by atoms with van der Waals surface area (Å²) in [5.41, 5.74) is 1.32. The number of fused-ring (bicyclic) bond motifs is 1. The first-order valence-corrected chi connectivity index (χ1v) is 10.6. The molecule has 132 valence electrons. The lowest BCUT2D eigenvalue weighted by Crippen LogP contribution is -2.02. The third-order valence-electron chi connectivity index (χ3n) is 4.26. The number of aromatic nitrogens is 4. The van der Waals surface area contributed by atoms with Gasteiger partial charge in [0.25, 0.3) is 0 Å². The second-order valence-corrected chi connectivity index (χ2v) is 8.14. The number of nitrogens with zero attached hydrogens (tertiary/aromatic N) is 4. The Morgan fingerprint density at radius 3 is 2.46 bits per heavy atom. The van der Waals surface area contributed by atoms with Crippen LogP contribution in [0, 0.1) is 0 Å². The van der Waals surface area contributed by atoms with Crippen LogP contribution in [0.3, 0.4) is 0 Å². The standard InChI is InChI=1S/C20H20N4S2/c1-2-9-17(15-10-5-3-6-11-15)19-23-24-18(21-22-20(24)26-19)14-25-16-12-7-4-8-13-16/h3-8,10-13,17H,2,9,14H2,1H3/t17-/m0/s1. The molecule has 0 fully saturated rings. The summed E-state index contributed by atoms with van der Waals surface area (Å²) in [7, 11) is 0.